The molecule has 0 aromatic carbocycles. The van der Waals surface area contributed by atoms with Gasteiger partial charge in [-0.3, -0.25) is 4.98 Å². The maximum absolute atomic E-state index is 4.60. The molecule has 0 amide bonds. The fourth-order valence-electron chi connectivity index (χ4n) is 2.02. The lowest BCUT2D eigenvalue weighted by Gasteiger charge is -2.12. The molecule has 5 heteroatoms. The third-order valence-corrected chi connectivity index (χ3v) is 4.24. The summed E-state index contributed by atoms with van der Waals surface area (Å²) in [7, 11) is 0. The van der Waals surface area contributed by atoms with E-state index in [1.165, 1.54) is 0 Å². The van der Waals surface area contributed by atoms with Crippen LogP contribution in [0.5, 0.6) is 0 Å². The largest absolute Gasteiger partial charge is 0.313 e. The first-order valence-electron chi connectivity index (χ1n) is 6.43. The quantitative estimate of drug-likeness (QED) is 0.940. The maximum Gasteiger partial charge on any atom is 0.0743 e. The zero-order valence-electron chi connectivity index (χ0n) is 11.8. The van der Waals surface area contributed by atoms with Crippen molar-refractivity contribution < 1.29 is 0 Å². The van der Waals surface area contributed by atoms with Crippen LogP contribution in [0.2, 0.25) is 0 Å². The van der Waals surface area contributed by atoms with E-state index in [0.717, 1.165) is 45.9 Å². The van der Waals surface area contributed by atoms with E-state index in [9.17, 15) is 0 Å². The lowest BCUT2D eigenvalue weighted by molar-refractivity contribution is 0.709. The Kier molecular flexibility index (Phi) is 4.37. The summed E-state index contributed by atoms with van der Waals surface area (Å²) in [4.78, 5) is 4.38. The molecule has 2 rings (SSSR count). The summed E-state index contributed by atoms with van der Waals surface area (Å²) in [5, 5.41) is 7.95. The van der Waals surface area contributed by atoms with Crippen LogP contribution in [-0.2, 0) is 6.54 Å². The van der Waals surface area contributed by atoms with Crippen LogP contribution in [-0.4, -0.2) is 21.3 Å². The monoisotopic (exact) mass is 322 g/mol. The van der Waals surface area contributed by atoms with Gasteiger partial charge in [0.25, 0.3) is 0 Å². The highest BCUT2D eigenvalue weighted by molar-refractivity contribution is 9.10. The Hall–Kier alpha value is -1.20. The van der Waals surface area contributed by atoms with Crippen molar-refractivity contribution in [3.8, 4) is 5.69 Å². The molecular weight excluding hydrogens is 304 g/mol. The van der Waals surface area contributed by atoms with Crippen LogP contribution in [0.4, 0.5) is 0 Å². The summed E-state index contributed by atoms with van der Waals surface area (Å²) in [6.07, 6.45) is 1.93. The SMILES string of the molecule is CCNCc1cnc(C)cc1-n1nc(C)c(Br)c1C. The first kappa shape index (κ1) is 14.2. The van der Waals surface area contributed by atoms with E-state index >= 15 is 0 Å². The molecule has 0 bridgehead atoms. The van der Waals surface area contributed by atoms with Crippen molar-refractivity contribution >= 4 is 15.9 Å². The van der Waals surface area contributed by atoms with Gasteiger partial charge in [-0.1, -0.05) is 6.92 Å². The van der Waals surface area contributed by atoms with Crippen molar-refractivity contribution in [3.05, 3.63) is 39.4 Å². The average molecular weight is 323 g/mol. The van der Waals surface area contributed by atoms with Gasteiger partial charge in [-0.25, -0.2) is 4.68 Å². The molecule has 102 valence electrons. The first-order valence-corrected chi connectivity index (χ1v) is 7.22. The Morgan fingerprint density at radius 1 is 1.32 bits per heavy atom. The molecule has 0 fully saturated rings. The van der Waals surface area contributed by atoms with E-state index in [1.807, 2.05) is 24.7 Å². The summed E-state index contributed by atoms with van der Waals surface area (Å²) < 4.78 is 3.05. The number of aromatic nitrogens is 3. The van der Waals surface area contributed by atoms with Crippen LogP contribution in [0, 0.1) is 20.8 Å². The molecule has 0 aliphatic heterocycles. The molecular formula is C14H19BrN4. The summed E-state index contributed by atoms with van der Waals surface area (Å²) in [5.74, 6) is 0. The van der Waals surface area contributed by atoms with E-state index in [1.54, 1.807) is 0 Å². The van der Waals surface area contributed by atoms with Gasteiger partial charge in [0, 0.05) is 24.0 Å². The van der Waals surface area contributed by atoms with Crippen molar-refractivity contribution in [2.45, 2.75) is 34.2 Å². The van der Waals surface area contributed by atoms with E-state index in [-0.39, 0.29) is 0 Å². The van der Waals surface area contributed by atoms with Crippen LogP contribution >= 0.6 is 15.9 Å². The maximum atomic E-state index is 4.60. The highest BCUT2D eigenvalue weighted by Crippen LogP contribution is 2.24. The minimum absolute atomic E-state index is 0.801. The molecule has 2 heterocycles. The molecule has 0 atom stereocenters. The van der Waals surface area contributed by atoms with Gasteiger partial charge < -0.3 is 5.32 Å². The zero-order chi connectivity index (χ0) is 14.0. The standard InChI is InChI=1S/C14H19BrN4/c1-5-16-7-12-8-17-9(2)6-13(12)19-11(4)14(15)10(3)18-19/h6,8,16H,5,7H2,1-4H3. The summed E-state index contributed by atoms with van der Waals surface area (Å²) in [6, 6.07) is 2.08. The Balaban J connectivity index is 2.52. The molecule has 2 aromatic heterocycles. The molecule has 1 N–H and O–H groups in total. The van der Waals surface area contributed by atoms with Gasteiger partial charge in [0.1, 0.15) is 0 Å². The van der Waals surface area contributed by atoms with E-state index < -0.39 is 0 Å². The smallest absolute Gasteiger partial charge is 0.0743 e. The lowest BCUT2D eigenvalue weighted by atomic mass is 10.2. The van der Waals surface area contributed by atoms with Gasteiger partial charge in [-0.15, -0.1) is 0 Å². The molecule has 0 saturated carbocycles. The number of halogens is 1. The summed E-state index contributed by atoms with van der Waals surface area (Å²) in [5.41, 5.74) is 5.37. The predicted molar refractivity (Wildman–Crippen MR) is 80.7 cm³/mol. The van der Waals surface area contributed by atoms with Crippen molar-refractivity contribution in [3.63, 3.8) is 0 Å². The fourth-order valence-corrected chi connectivity index (χ4v) is 2.27. The van der Waals surface area contributed by atoms with Gasteiger partial charge in [-0.2, -0.15) is 5.10 Å². The Bertz CT molecular complexity index is 589. The molecule has 0 aliphatic rings. The second-order valence-electron chi connectivity index (χ2n) is 4.63. The Labute approximate surface area is 122 Å². The normalized spacial score (nSPS) is 11.0. The molecule has 0 unspecified atom stereocenters. The number of hydrogen-bond donors (Lipinski definition) is 1. The van der Waals surface area contributed by atoms with Crippen LogP contribution < -0.4 is 5.32 Å². The molecule has 2 aromatic rings. The summed E-state index contributed by atoms with van der Waals surface area (Å²) in [6.45, 7) is 9.91. The molecule has 0 aliphatic carbocycles. The van der Waals surface area contributed by atoms with Crippen LogP contribution in [0.1, 0.15) is 29.6 Å². The molecule has 4 nitrogen and oxygen atoms in total. The van der Waals surface area contributed by atoms with E-state index in [2.05, 4.69) is 51.2 Å². The number of nitrogens with zero attached hydrogens (tertiary/aromatic N) is 3. The van der Waals surface area contributed by atoms with Crippen LogP contribution in [0.25, 0.3) is 5.69 Å². The first-order chi connectivity index (χ1) is 9.04. The van der Waals surface area contributed by atoms with Crippen molar-refractivity contribution in [2.24, 2.45) is 0 Å². The molecule has 0 radical (unpaired) electrons. The van der Waals surface area contributed by atoms with Gasteiger partial charge in [-0.05, 0) is 49.3 Å². The minimum atomic E-state index is 0.801. The Morgan fingerprint density at radius 2 is 2.05 bits per heavy atom. The van der Waals surface area contributed by atoms with Crippen LogP contribution in [0.15, 0.2) is 16.7 Å². The van der Waals surface area contributed by atoms with Crippen molar-refractivity contribution in [1.29, 1.82) is 0 Å². The van der Waals surface area contributed by atoms with Gasteiger partial charge >= 0.3 is 0 Å². The van der Waals surface area contributed by atoms with Gasteiger partial charge in [0.15, 0.2) is 0 Å². The number of nitrogens with one attached hydrogen (secondary N) is 1. The molecule has 0 spiro atoms. The number of aryl methyl sites for hydroxylation is 2. The van der Waals surface area contributed by atoms with Crippen molar-refractivity contribution in [1.82, 2.24) is 20.1 Å². The average Bonchev–Trinajstić information content (AvgIpc) is 2.65. The minimum Gasteiger partial charge on any atom is -0.313 e. The number of pyridine rings is 1. The second-order valence-corrected chi connectivity index (χ2v) is 5.42. The lowest BCUT2D eigenvalue weighted by Crippen LogP contribution is -2.15. The molecule has 19 heavy (non-hydrogen) atoms. The predicted octanol–water partition coefficient (Wildman–Crippen LogP) is 3.06. The zero-order valence-corrected chi connectivity index (χ0v) is 13.4. The van der Waals surface area contributed by atoms with E-state index in [4.69, 9.17) is 0 Å². The number of rotatable bonds is 4. The summed E-state index contributed by atoms with van der Waals surface area (Å²) >= 11 is 3.58. The van der Waals surface area contributed by atoms with Gasteiger partial charge in [0.05, 0.1) is 21.5 Å². The Morgan fingerprint density at radius 3 is 2.63 bits per heavy atom. The highest BCUT2D eigenvalue weighted by atomic mass is 79.9. The third kappa shape index (κ3) is 2.87. The van der Waals surface area contributed by atoms with Gasteiger partial charge in [0.2, 0.25) is 0 Å². The van der Waals surface area contributed by atoms with Crippen LogP contribution in [0.3, 0.4) is 0 Å². The third-order valence-electron chi connectivity index (χ3n) is 3.10. The van der Waals surface area contributed by atoms with Crippen molar-refractivity contribution in [2.75, 3.05) is 6.54 Å². The highest BCUT2D eigenvalue weighted by Gasteiger charge is 2.13. The second kappa shape index (κ2) is 5.84. The fraction of sp³-hybridized carbons (Fsp3) is 0.429. The van der Waals surface area contributed by atoms with E-state index in [0.29, 0.717) is 0 Å². The molecule has 0 saturated heterocycles. The number of hydrogen-bond acceptors (Lipinski definition) is 3. The topological polar surface area (TPSA) is 42.7 Å².